The largest absolute Gasteiger partial charge is 0.307 e. The smallest absolute Gasteiger partial charge is 0.0490 e. The van der Waals surface area contributed by atoms with E-state index in [4.69, 9.17) is 0 Å². The van der Waals surface area contributed by atoms with Crippen molar-refractivity contribution in [2.45, 2.75) is 13.1 Å². The zero-order valence-electron chi connectivity index (χ0n) is 10.1. The predicted octanol–water partition coefficient (Wildman–Crippen LogP) is 2.85. The molecule has 3 rings (SSSR count). The van der Waals surface area contributed by atoms with Crippen molar-refractivity contribution in [3.05, 3.63) is 66.0 Å². The Balaban J connectivity index is 1.67. The third kappa shape index (κ3) is 2.41. The predicted molar refractivity (Wildman–Crippen MR) is 73.1 cm³/mol. The lowest BCUT2D eigenvalue weighted by atomic mass is 10.1. The van der Waals surface area contributed by atoms with E-state index in [0.717, 1.165) is 18.8 Å². The third-order valence-corrected chi connectivity index (χ3v) is 3.02. The summed E-state index contributed by atoms with van der Waals surface area (Å²) in [5, 5.41) is 12.8. The number of fused-ring (bicyclic) bond motifs is 1. The Morgan fingerprint density at radius 3 is 2.67 bits per heavy atom. The molecule has 0 saturated heterocycles. The van der Waals surface area contributed by atoms with E-state index in [2.05, 4.69) is 58.0 Å². The molecule has 0 aliphatic rings. The number of H-pyrrole nitrogens is 1. The van der Waals surface area contributed by atoms with Gasteiger partial charge in [-0.05, 0) is 28.5 Å². The van der Waals surface area contributed by atoms with E-state index in [1.807, 2.05) is 6.07 Å². The van der Waals surface area contributed by atoms with Crippen molar-refractivity contribution in [2.75, 3.05) is 0 Å². The molecule has 2 N–H and O–H groups in total. The lowest BCUT2D eigenvalue weighted by Gasteiger charge is -2.05. The Hall–Kier alpha value is -2.13. The zero-order valence-corrected chi connectivity index (χ0v) is 10.1. The Bertz CT molecular complexity index is 629. The van der Waals surface area contributed by atoms with Crippen LogP contribution < -0.4 is 5.32 Å². The van der Waals surface area contributed by atoms with Gasteiger partial charge in [-0.25, -0.2) is 0 Å². The molecule has 3 aromatic rings. The highest BCUT2D eigenvalue weighted by molar-refractivity contribution is 5.82. The van der Waals surface area contributed by atoms with Gasteiger partial charge >= 0.3 is 0 Å². The Morgan fingerprint density at radius 2 is 1.83 bits per heavy atom. The quantitative estimate of drug-likeness (QED) is 0.732. The van der Waals surface area contributed by atoms with Gasteiger partial charge in [0.25, 0.3) is 0 Å². The first-order valence-electron chi connectivity index (χ1n) is 6.08. The van der Waals surface area contributed by atoms with Crippen LogP contribution in [0.4, 0.5) is 0 Å². The molecule has 0 unspecified atom stereocenters. The minimum atomic E-state index is 0.812. The molecule has 2 aromatic carbocycles. The number of benzene rings is 2. The molecule has 0 spiro atoms. The summed E-state index contributed by atoms with van der Waals surface area (Å²) in [5.74, 6) is 0. The van der Waals surface area contributed by atoms with E-state index in [-0.39, 0.29) is 0 Å². The summed E-state index contributed by atoms with van der Waals surface area (Å²) in [4.78, 5) is 0. The summed E-state index contributed by atoms with van der Waals surface area (Å²) >= 11 is 0. The number of aromatic amines is 1. The van der Waals surface area contributed by atoms with Gasteiger partial charge in [-0.3, -0.25) is 5.10 Å². The SMILES string of the molecule is c1ccc2cc(CNCc3ccn[nH]3)ccc2c1. The number of rotatable bonds is 4. The maximum absolute atomic E-state index is 3.92. The van der Waals surface area contributed by atoms with Crippen molar-refractivity contribution in [2.24, 2.45) is 0 Å². The van der Waals surface area contributed by atoms with Crippen LogP contribution in [0.5, 0.6) is 0 Å². The first kappa shape index (κ1) is 11.0. The maximum atomic E-state index is 3.92. The second-order valence-corrected chi connectivity index (χ2v) is 4.37. The molecule has 3 heteroatoms. The molecular formula is C15H15N3. The van der Waals surface area contributed by atoms with E-state index in [0.29, 0.717) is 0 Å². The van der Waals surface area contributed by atoms with Crippen molar-refractivity contribution in [3.8, 4) is 0 Å². The molecule has 1 aromatic heterocycles. The van der Waals surface area contributed by atoms with Crippen molar-refractivity contribution in [3.63, 3.8) is 0 Å². The summed E-state index contributed by atoms with van der Waals surface area (Å²) in [7, 11) is 0. The van der Waals surface area contributed by atoms with Crippen LogP contribution in [0.25, 0.3) is 10.8 Å². The number of nitrogens with one attached hydrogen (secondary N) is 2. The van der Waals surface area contributed by atoms with Crippen LogP contribution in [-0.4, -0.2) is 10.2 Å². The van der Waals surface area contributed by atoms with Gasteiger partial charge in [0.05, 0.1) is 0 Å². The molecule has 0 saturated carbocycles. The lowest BCUT2D eigenvalue weighted by Crippen LogP contribution is -2.12. The van der Waals surface area contributed by atoms with Crippen molar-refractivity contribution in [1.82, 2.24) is 15.5 Å². The van der Waals surface area contributed by atoms with E-state index < -0.39 is 0 Å². The average molecular weight is 237 g/mol. The van der Waals surface area contributed by atoms with E-state index in [1.165, 1.54) is 16.3 Å². The van der Waals surface area contributed by atoms with Gasteiger partial charge in [-0.1, -0.05) is 36.4 Å². The first-order chi connectivity index (χ1) is 8.92. The van der Waals surface area contributed by atoms with E-state index >= 15 is 0 Å². The number of nitrogens with zero attached hydrogens (tertiary/aromatic N) is 1. The van der Waals surface area contributed by atoms with Crippen LogP contribution in [0.2, 0.25) is 0 Å². The molecule has 0 aliphatic heterocycles. The minimum absolute atomic E-state index is 0.812. The molecule has 0 atom stereocenters. The number of hydrogen-bond acceptors (Lipinski definition) is 2. The Labute approximate surface area is 106 Å². The molecule has 0 amide bonds. The van der Waals surface area contributed by atoms with Gasteiger partial charge in [0.2, 0.25) is 0 Å². The fourth-order valence-electron chi connectivity index (χ4n) is 2.07. The summed E-state index contributed by atoms with van der Waals surface area (Å²) < 4.78 is 0. The van der Waals surface area contributed by atoms with Gasteiger partial charge in [-0.15, -0.1) is 0 Å². The molecule has 3 nitrogen and oxygen atoms in total. The standard InChI is InChI=1S/C15H15N3/c1-2-4-14-9-12(5-6-13(14)3-1)10-16-11-15-7-8-17-18-15/h1-9,16H,10-11H2,(H,17,18). The highest BCUT2D eigenvalue weighted by Gasteiger charge is 1.97. The maximum Gasteiger partial charge on any atom is 0.0490 e. The van der Waals surface area contributed by atoms with Crippen LogP contribution in [0.15, 0.2) is 54.7 Å². The van der Waals surface area contributed by atoms with Gasteiger partial charge in [0.1, 0.15) is 0 Å². The highest BCUT2D eigenvalue weighted by Crippen LogP contribution is 2.15. The molecule has 0 fully saturated rings. The number of hydrogen-bond donors (Lipinski definition) is 2. The number of aromatic nitrogens is 2. The minimum Gasteiger partial charge on any atom is -0.307 e. The van der Waals surface area contributed by atoms with Gasteiger partial charge < -0.3 is 5.32 Å². The summed E-state index contributed by atoms with van der Waals surface area (Å²) in [5.41, 5.74) is 2.41. The molecule has 1 heterocycles. The Kier molecular flexibility index (Phi) is 3.07. The topological polar surface area (TPSA) is 40.7 Å². The Morgan fingerprint density at radius 1 is 0.944 bits per heavy atom. The molecule has 0 aliphatic carbocycles. The second-order valence-electron chi connectivity index (χ2n) is 4.37. The summed E-state index contributed by atoms with van der Waals surface area (Å²) in [6.45, 7) is 1.68. The van der Waals surface area contributed by atoms with Crippen molar-refractivity contribution >= 4 is 10.8 Å². The normalized spacial score (nSPS) is 10.9. The fourth-order valence-corrected chi connectivity index (χ4v) is 2.07. The molecule has 0 bridgehead atoms. The summed E-state index contributed by atoms with van der Waals surface area (Å²) in [6.07, 6.45) is 1.77. The zero-order chi connectivity index (χ0) is 12.2. The lowest BCUT2D eigenvalue weighted by molar-refractivity contribution is 0.678. The van der Waals surface area contributed by atoms with E-state index in [1.54, 1.807) is 6.20 Å². The molecule has 90 valence electrons. The fraction of sp³-hybridized carbons (Fsp3) is 0.133. The van der Waals surface area contributed by atoms with Gasteiger partial charge in [-0.2, -0.15) is 5.10 Å². The van der Waals surface area contributed by atoms with Gasteiger partial charge in [0, 0.05) is 25.0 Å². The third-order valence-electron chi connectivity index (χ3n) is 3.02. The van der Waals surface area contributed by atoms with Crippen molar-refractivity contribution < 1.29 is 0 Å². The first-order valence-corrected chi connectivity index (χ1v) is 6.08. The van der Waals surface area contributed by atoms with Gasteiger partial charge in [0.15, 0.2) is 0 Å². The average Bonchev–Trinajstić information content (AvgIpc) is 2.92. The van der Waals surface area contributed by atoms with Crippen LogP contribution >= 0.6 is 0 Å². The van der Waals surface area contributed by atoms with Crippen LogP contribution in [0, 0.1) is 0 Å². The molecular weight excluding hydrogens is 222 g/mol. The van der Waals surface area contributed by atoms with Crippen LogP contribution in [0.1, 0.15) is 11.3 Å². The molecule has 0 radical (unpaired) electrons. The van der Waals surface area contributed by atoms with E-state index in [9.17, 15) is 0 Å². The monoisotopic (exact) mass is 237 g/mol. The van der Waals surface area contributed by atoms with Crippen molar-refractivity contribution in [1.29, 1.82) is 0 Å². The highest BCUT2D eigenvalue weighted by atomic mass is 15.1. The van der Waals surface area contributed by atoms with Crippen LogP contribution in [-0.2, 0) is 13.1 Å². The second kappa shape index (κ2) is 5.02. The molecule has 18 heavy (non-hydrogen) atoms. The van der Waals surface area contributed by atoms with Crippen LogP contribution in [0.3, 0.4) is 0 Å². The summed E-state index contributed by atoms with van der Waals surface area (Å²) in [6, 6.07) is 17.0.